The van der Waals surface area contributed by atoms with E-state index in [0.29, 0.717) is 24.9 Å². The Hall–Kier alpha value is -1.13. The number of rotatable bonds is 5. The van der Waals surface area contributed by atoms with Gasteiger partial charge in [-0.3, -0.25) is 4.79 Å². The van der Waals surface area contributed by atoms with Gasteiger partial charge in [-0.15, -0.1) is 0 Å². The predicted molar refractivity (Wildman–Crippen MR) is 89.9 cm³/mol. The topological polar surface area (TPSA) is 38.8 Å². The van der Waals surface area contributed by atoms with Gasteiger partial charge in [0.05, 0.1) is 12.2 Å². The van der Waals surface area contributed by atoms with Crippen LogP contribution in [0.5, 0.6) is 0 Å². The summed E-state index contributed by atoms with van der Waals surface area (Å²) in [4.78, 5) is 13.9. The van der Waals surface area contributed by atoms with Crippen LogP contribution in [0.1, 0.15) is 51.4 Å². The summed E-state index contributed by atoms with van der Waals surface area (Å²) in [7, 11) is 0. The van der Waals surface area contributed by atoms with Gasteiger partial charge in [0, 0.05) is 13.1 Å². The van der Waals surface area contributed by atoms with Gasteiger partial charge in [-0.1, -0.05) is 18.2 Å². The summed E-state index contributed by atoms with van der Waals surface area (Å²) in [6.45, 7) is 2.33. The molecular weight excluding hydrogens is 290 g/mol. The van der Waals surface area contributed by atoms with E-state index in [-0.39, 0.29) is 5.91 Å². The molecule has 0 aromatic heterocycles. The van der Waals surface area contributed by atoms with Crippen molar-refractivity contribution in [3.63, 3.8) is 0 Å². The maximum atomic E-state index is 12.0. The summed E-state index contributed by atoms with van der Waals surface area (Å²) in [5.41, 5.74) is 0. The van der Waals surface area contributed by atoms with Gasteiger partial charge < -0.3 is 14.4 Å². The smallest absolute Gasteiger partial charge is 0.246 e. The van der Waals surface area contributed by atoms with Crippen LogP contribution in [0.3, 0.4) is 0 Å². The average molecular weight is 319 g/mol. The number of amides is 1. The first-order valence-corrected chi connectivity index (χ1v) is 9.18. The molecule has 0 aromatic rings. The lowest BCUT2D eigenvalue weighted by atomic mass is 9.85. The van der Waals surface area contributed by atoms with Crippen molar-refractivity contribution in [2.45, 2.75) is 63.6 Å². The van der Waals surface area contributed by atoms with E-state index in [9.17, 15) is 4.79 Å². The van der Waals surface area contributed by atoms with Crippen LogP contribution in [0.2, 0.25) is 0 Å². The van der Waals surface area contributed by atoms with E-state index >= 15 is 0 Å². The molecule has 3 aliphatic rings. The van der Waals surface area contributed by atoms with Gasteiger partial charge in [0.15, 0.2) is 0 Å². The van der Waals surface area contributed by atoms with Crippen LogP contribution in [0.25, 0.3) is 0 Å². The Morgan fingerprint density at radius 2 is 1.78 bits per heavy atom. The van der Waals surface area contributed by atoms with Gasteiger partial charge in [-0.2, -0.15) is 0 Å². The van der Waals surface area contributed by atoms with Crippen molar-refractivity contribution in [2.75, 3.05) is 19.9 Å². The zero-order valence-corrected chi connectivity index (χ0v) is 14.0. The molecule has 3 rings (SSSR count). The number of unbranched alkanes of at least 4 members (excludes halogenated alkanes) is 1. The molecule has 0 aromatic carbocycles. The van der Waals surface area contributed by atoms with Gasteiger partial charge in [0.25, 0.3) is 0 Å². The fourth-order valence-electron chi connectivity index (χ4n) is 3.77. The molecule has 0 N–H and O–H groups in total. The number of fused-ring (bicyclic) bond motifs is 1. The lowest BCUT2D eigenvalue weighted by molar-refractivity contribution is -0.126. The number of carbonyl (C=O) groups excluding carboxylic acids is 1. The second kappa shape index (κ2) is 8.65. The fourth-order valence-corrected chi connectivity index (χ4v) is 3.77. The summed E-state index contributed by atoms with van der Waals surface area (Å²) in [6.07, 6.45) is 17.9. The third kappa shape index (κ3) is 4.92. The van der Waals surface area contributed by atoms with Crippen LogP contribution in [0.4, 0.5) is 0 Å². The molecule has 3 unspecified atom stereocenters. The molecule has 2 heterocycles. The Labute approximate surface area is 139 Å². The Morgan fingerprint density at radius 3 is 2.65 bits per heavy atom. The highest BCUT2D eigenvalue weighted by Gasteiger charge is 2.34. The molecule has 3 atom stereocenters. The molecular formula is C19H29NO3. The van der Waals surface area contributed by atoms with E-state index in [1.807, 2.05) is 11.0 Å². The van der Waals surface area contributed by atoms with Gasteiger partial charge in [-0.25, -0.2) is 0 Å². The van der Waals surface area contributed by atoms with Crippen LogP contribution < -0.4 is 0 Å². The molecule has 4 nitrogen and oxygen atoms in total. The van der Waals surface area contributed by atoms with Crippen molar-refractivity contribution < 1.29 is 14.3 Å². The number of allylic oxidation sites excluding steroid dienone is 3. The van der Waals surface area contributed by atoms with Gasteiger partial charge in [-0.05, 0) is 63.4 Å². The average Bonchev–Trinajstić information content (AvgIpc) is 3.06. The number of hydrogen-bond acceptors (Lipinski definition) is 3. The highest BCUT2D eigenvalue weighted by Crippen LogP contribution is 2.32. The maximum absolute atomic E-state index is 12.0. The van der Waals surface area contributed by atoms with Gasteiger partial charge in [0.1, 0.15) is 6.79 Å². The standard InChI is InChI=1S/C19H29NO3/c21-19(20-12-6-3-7-13-20)9-5-2-1-4-8-16-10-11-17-18(14-16)23-15-22-17/h4-5,8-9,16-18H,1-3,6-7,10-15H2/b8-4+,9-5+. The summed E-state index contributed by atoms with van der Waals surface area (Å²) < 4.78 is 11.2. The Balaban J connectivity index is 1.31. The normalized spacial score (nSPS) is 31.8. The molecule has 23 heavy (non-hydrogen) atoms. The highest BCUT2D eigenvalue weighted by molar-refractivity contribution is 5.87. The first-order valence-electron chi connectivity index (χ1n) is 9.18. The van der Waals surface area contributed by atoms with Crippen molar-refractivity contribution >= 4 is 5.91 Å². The number of nitrogens with zero attached hydrogens (tertiary/aromatic N) is 1. The third-order valence-corrected chi connectivity index (χ3v) is 5.17. The molecule has 2 aliphatic heterocycles. The molecule has 0 radical (unpaired) electrons. The zero-order chi connectivity index (χ0) is 15.9. The number of carbonyl (C=O) groups is 1. The van der Waals surface area contributed by atoms with E-state index in [0.717, 1.165) is 51.6 Å². The van der Waals surface area contributed by atoms with E-state index in [1.165, 1.54) is 12.8 Å². The monoisotopic (exact) mass is 319 g/mol. The summed E-state index contributed by atoms with van der Waals surface area (Å²) >= 11 is 0. The van der Waals surface area contributed by atoms with E-state index < -0.39 is 0 Å². The summed E-state index contributed by atoms with van der Waals surface area (Å²) in [6, 6.07) is 0. The van der Waals surface area contributed by atoms with E-state index in [2.05, 4.69) is 12.2 Å². The molecule has 1 amide bonds. The molecule has 1 saturated carbocycles. The molecule has 1 aliphatic carbocycles. The lowest BCUT2D eigenvalue weighted by Gasteiger charge is -2.27. The quantitative estimate of drug-likeness (QED) is 0.443. The van der Waals surface area contributed by atoms with Crippen molar-refractivity contribution in [1.29, 1.82) is 0 Å². The predicted octanol–water partition coefficient (Wildman–Crippen LogP) is 3.43. The molecule has 128 valence electrons. The van der Waals surface area contributed by atoms with Crippen molar-refractivity contribution in [3.8, 4) is 0 Å². The van der Waals surface area contributed by atoms with Gasteiger partial charge in [0.2, 0.25) is 5.91 Å². The van der Waals surface area contributed by atoms with Crippen LogP contribution in [-0.2, 0) is 14.3 Å². The summed E-state index contributed by atoms with van der Waals surface area (Å²) in [5.74, 6) is 0.808. The van der Waals surface area contributed by atoms with Crippen LogP contribution in [-0.4, -0.2) is 42.9 Å². The van der Waals surface area contributed by atoms with Crippen LogP contribution >= 0.6 is 0 Å². The minimum absolute atomic E-state index is 0.186. The minimum atomic E-state index is 0.186. The Kier molecular flexibility index (Phi) is 6.29. The Morgan fingerprint density at radius 1 is 1.00 bits per heavy atom. The maximum Gasteiger partial charge on any atom is 0.246 e. The second-order valence-electron chi connectivity index (χ2n) is 6.90. The Bertz CT molecular complexity index is 440. The summed E-state index contributed by atoms with van der Waals surface area (Å²) in [5, 5.41) is 0. The SMILES string of the molecule is O=C(/C=C/CC/C=C/C1CCC2OCOC2C1)N1CCCCC1. The first kappa shape index (κ1) is 16.7. The third-order valence-electron chi connectivity index (χ3n) is 5.17. The lowest BCUT2D eigenvalue weighted by Crippen LogP contribution is -2.34. The molecule has 4 heteroatoms. The van der Waals surface area contributed by atoms with Gasteiger partial charge >= 0.3 is 0 Å². The number of ether oxygens (including phenoxy) is 2. The molecule has 3 fully saturated rings. The number of piperidine rings is 1. The molecule has 0 spiro atoms. The van der Waals surface area contributed by atoms with Crippen LogP contribution in [0.15, 0.2) is 24.3 Å². The highest BCUT2D eigenvalue weighted by atomic mass is 16.7. The van der Waals surface area contributed by atoms with E-state index in [1.54, 1.807) is 6.08 Å². The largest absolute Gasteiger partial charge is 0.349 e. The van der Waals surface area contributed by atoms with Crippen molar-refractivity contribution in [1.82, 2.24) is 4.90 Å². The second-order valence-corrected chi connectivity index (χ2v) is 6.90. The molecule has 0 bridgehead atoms. The van der Waals surface area contributed by atoms with Crippen molar-refractivity contribution in [3.05, 3.63) is 24.3 Å². The minimum Gasteiger partial charge on any atom is -0.349 e. The fraction of sp³-hybridized carbons (Fsp3) is 0.737. The number of likely N-dealkylation sites (tertiary alicyclic amines) is 1. The van der Waals surface area contributed by atoms with Crippen molar-refractivity contribution in [2.24, 2.45) is 5.92 Å². The number of hydrogen-bond donors (Lipinski definition) is 0. The zero-order valence-electron chi connectivity index (χ0n) is 14.0. The molecule has 2 saturated heterocycles. The van der Waals surface area contributed by atoms with E-state index in [4.69, 9.17) is 9.47 Å². The van der Waals surface area contributed by atoms with Crippen LogP contribution in [0, 0.1) is 5.92 Å². The first-order chi connectivity index (χ1) is 11.3.